The molecule has 11 heteroatoms. The van der Waals surface area contributed by atoms with Crippen molar-refractivity contribution in [3.8, 4) is 0 Å². The molecule has 0 aliphatic heterocycles. The summed E-state index contributed by atoms with van der Waals surface area (Å²) in [6, 6.07) is 19.2. The second kappa shape index (κ2) is 15.3. The summed E-state index contributed by atoms with van der Waals surface area (Å²) in [7, 11) is 0. The van der Waals surface area contributed by atoms with E-state index in [1.165, 1.54) is 18.2 Å². The summed E-state index contributed by atoms with van der Waals surface area (Å²) in [5.41, 5.74) is 0.600. The first-order chi connectivity index (χ1) is 20.3. The minimum atomic E-state index is -0.833. The van der Waals surface area contributed by atoms with Gasteiger partial charge in [0.15, 0.2) is 0 Å². The Morgan fingerprint density at radius 2 is 0.930 bits per heavy atom. The molecule has 1 N–H and O–H groups in total. The Kier molecular flexibility index (Phi) is 11.9. The van der Waals surface area contributed by atoms with Crippen LogP contribution < -0.4 is 9.80 Å². The summed E-state index contributed by atoms with van der Waals surface area (Å²) in [6.07, 6.45) is 6.11. The van der Waals surface area contributed by atoms with Crippen LogP contribution >= 0.6 is 0 Å². The van der Waals surface area contributed by atoms with Gasteiger partial charge < -0.3 is 5.11 Å². The quantitative estimate of drug-likeness (QED) is 0.206. The number of nitro groups is 1. The number of hydrogen-bond donors (Lipinski definition) is 1. The van der Waals surface area contributed by atoms with Crippen molar-refractivity contribution < 1.29 is 34.0 Å². The Balaban J connectivity index is 0.00000151. The third-order valence-corrected chi connectivity index (χ3v) is 5.74. The number of benzene rings is 3. The Labute approximate surface area is 248 Å². The molecule has 0 radical (unpaired) electrons. The van der Waals surface area contributed by atoms with E-state index in [0.29, 0.717) is 0 Å². The highest BCUT2D eigenvalue weighted by Gasteiger charge is 2.33. The molecule has 0 saturated carbocycles. The Morgan fingerprint density at radius 1 is 0.628 bits per heavy atom. The molecule has 0 saturated heterocycles. The van der Waals surface area contributed by atoms with E-state index < -0.39 is 40.2 Å². The average molecular weight is 586 g/mol. The van der Waals surface area contributed by atoms with Gasteiger partial charge in [0.2, 0.25) is 23.6 Å². The number of hydrogen-bond acceptors (Lipinski definition) is 7. The maximum Gasteiger partial charge on any atom is 0.300 e. The zero-order valence-corrected chi connectivity index (χ0v) is 24.3. The molecule has 0 aliphatic carbocycles. The standard InChI is InChI=1S/C30H27N3O6.C2H4O2/c1-20(34)31(21(2)35)28-19-29(32(22(3)36)23(4)37)27(18-16-25-13-9-6-10-14-25)30(33(38)39)26(28)17-15-24-11-7-5-8-12-24;1-2(3)4/h5-19H,1-4H3;1H3,(H,3,4)/b17-15+,18-16+;. The Morgan fingerprint density at radius 3 is 1.19 bits per heavy atom. The highest BCUT2D eigenvalue weighted by atomic mass is 16.6. The molecule has 3 aromatic carbocycles. The summed E-state index contributed by atoms with van der Waals surface area (Å²) in [4.78, 5) is 72.9. The normalized spacial score (nSPS) is 10.5. The highest BCUT2D eigenvalue weighted by molar-refractivity contribution is 6.19. The number of nitro benzene ring substituents is 1. The van der Waals surface area contributed by atoms with Crippen LogP contribution in [0.5, 0.6) is 0 Å². The van der Waals surface area contributed by atoms with Crippen LogP contribution in [-0.2, 0) is 24.0 Å². The minimum Gasteiger partial charge on any atom is -0.481 e. The Bertz CT molecular complexity index is 1460. The zero-order valence-electron chi connectivity index (χ0n) is 24.3. The fourth-order valence-electron chi connectivity index (χ4n) is 4.18. The van der Waals surface area contributed by atoms with Crippen LogP contribution in [0.1, 0.15) is 56.9 Å². The molecule has 3 aromatic rings. The molecule has 0 aliphatic rings. The second-order valence-corrected chi connectivity index (χ2v) is 9.10. The number of carboxylic acid groups (broad SMARTS) is 1. The molecule has 0 spiro atoms. The first-order valence-corrected chi connectivity index (χ1v) is 12.9. The van der Waals surface area contributed by atoms with Gasteiger partial charge in [-0.25, -0.2) is 0 Å². The van der Waals surface area contributed by atoms with Gasteiger partial charge in [0.25, 0.3) is 11.7 Å². The third-order valence-electron chi connectivity index (χ3n) is 5.74. The van der Waals surface area contributed by atoms with E-state index in [1.807, 2.05) is 12.1 Å². The van der Waals surface area contributed by atoms with Crippen molar-refractivity contribution in [3.05, 3.63) is 99.1 Å². The summed E-state index contributed by atoms with van der Waals surface area (Å²) >= 11 is 0. The van der Waals surface area contributed by atoms with Gasteiger partial charge in [-0.05, 0) is 29.3 Å². The number of rotatable bonds is 7. The minimum absolute atomic E-state index is 0.0437. The maximum atomic E-state index is 12.7. The monoisotopic (exact) mass is 585 g/mol. The lowest BCUT2D eigenvalue weighted by molar-refractivity contribution is -0.385. The van der Waals surface area contributed by atoms with Crippen molar-refractivity contribution in [2.24, 2.45) is 0 Å². The predicted octanol–water partition coefficient (Wildman–Crippen LogP) is 5.83. The SMILES string of the molecule is CC(=O)N(C(C)=O)c1cc(N(C(C)=O)C(C)=O)c(/C=C/c2ccccc2)c([N+](=O)[O-])c1/C=C/c1ccccc1.CC(=O)O. The van der Waals surface area contributed by atoms with Gasteiger partial charge in [-0.2, -0.15) is 0 Å². The van der Waals surface area contributed by atoms with Crippen LogP contribution in [0.2, 0.25) is 0 Å². The smallest absolute Gasteiger partial charge is 0.300 e. The fraction of sp³-hybridized carbons (Fsp3) is 0.156. The van der Waals surface area contributed by atoms with Crippen LogP contribution in [0, 0.1) is 10.1 Å². The molecule has 0 aromatic heterocycles. The van der Waals surface area contributed by atoms with E-state index in [2.05, 4.69) is 0 Å². The van der Waals surface area contributed by atoms with Gasteiger partial charge in [-0.3, -0.25) is 43.9 Å². The molecule has 4 amide bonds. The van der Waals surface area contributed by atoms with E-state index in [4.69, 9.17) is 9.90 Å². The first kappa shape index (κ1) is 33.5. The van der Waals surface area contributed by atoms with E-state index >= 15 is 0 Å². The molecule has 3 rings (SSSR count). The summed E-state index contributed by atoms with van der Waals surface area (Å²) in [5, 5.41) is 20.1. The molecule has 0 unspecified atom stereocenters. The molecule has 0 atom stereocenters. The van der Waals surface area contributed by atoms with Crippen LogP contribution in [0.15, 0.2) is 66.7 Å². The largest absolute Gasteiger partial charge is 0.481 e. The molecule has 43 heavy (non-hydrogen) atoms. The number of imide groups is 2. The average Bonchev–Trinajstić information content (AvgIpc) is 2.91. The number of carboxylic acids is 1. The van der Waals surface area contributed by atoms with Gasteiger partial charge >= 0.3 is 0 Å². The van der Waals surface area contributed by atoms with Gasteiger partial charge in [0.1, 0.15) is 0 Å². The molecule has 0 bridgehead atoms. The number of anilines is 2. The van der Waals surface area contributed by atoms with E-state index in [9.17, 15) is 29.3 Å². The van der Waals surface area contributed by atoms with Crippen molar-refractivity contribution in [2.45, 2.75) is 34.6 Å². The van der Waals surface area contributed by atoms with Crippen LogP contribution in [0.3, 0.4) is 0 Å². The van der Waals surface area contributed by atoms with Crippen LogP contribution in [0.4, 0.5) is 17.1 Å². The molecule has 0 heterocycles. The lowest BCUT2D eigenvalue weighted by atomic mass is 9.98. The number of amides is 4. The maximum absolute atomic E-state index is 12.7. The number of nitrogens with zero attached hydrogens (tertiary/aromatic N) is 3. The predicted molar refractivity (Wildman–Crippen MR) is 165 cm³/mol. The van der Waals surface area contributed by atoms with E-state index in [1.54, 1.807) is 60.7 Å². The van der Waals surface area contributed by atoms with Crippen LogP contribution in [0.25, 0.3) is 24.3 Å². The molecular weight excluding hydrogens is 554 g/mol. The van der Waals surface area contributed by atoms with Crippen LogP contribution in [-0.4, -0.2) is 39.6 Å². The Hall–Kier alpha value is -5.71. The highest BCUT2D eigenvalue weighted by Crippen LogP contribution is 2.42. The summed E-state index contributed by atoms with van der Waals surface area (Å²) in [5.74, 6) is -3.60. The first-order valence-electron chi connectivity index (χ1n) is 12.9. The van der Waals surface area contributed by atoms with Crippen molar-refractivity contribution in [3.63, 3.8) is 0 Å². The summed E-state index contributed by atoms with van der Waals surface area (Å²) in [6.45, 7) is 5.67. The molecule has 222 valence electrons. The number of carbonyl (C=O) groups is 5. The molecule has 11 nitrogen and oxygen atoms in total. The van der Waals surface area contributed by atoms with E-state index in [0.717, 1.165) is 55.5 Å². The van der Waals surface area contributed by atoms with Gasteiger partial charge in [-0.1, -0.05) is 72.8 Å². The van der Waals surface area contributed by atoms with Crippen molar-refractivity contribution in [1.29, 1.82) is 0 Å². The summed E-state index contributed by atoms with van der Waals surface area (Å²) < 4.78 is 0. The topological polar surface area (TPSA) is 155 Å². The van der Waals surface area contributed by atoms with Gasteiger partial charge in [0.05, 0.1) is 27.4 Å². The second-order valence-electron chi connectivity index (χ2n) is 9.10. The lowest BCUT2D eigenvalue weighted by Gasteiger charge is -2.25. The zero-order chi connectivity index (χ0) is 32.3. The molecule has 0 fully saturated rings. The van der Waals surface area contributed by atoms with E-state index in [-0.39, 0.29) is 22.5 Å². The number of carbonyl (C=O) groups excluding carboxylic acids is 4. The van der Waals surface area contributed by atoms with Gasteiger partial charge in [0, 0.05) is 34.6 Å². The fourth-order valence-corrected chi connectivity index (χ4v) is 4.18. The van der Waals surface area contributed by atoms with Gasteiger partial charge in [-0.15, -0.1) is 0 Å². The lowest BCUT2D eigenvalue weighted by Crippen LogP contribution is -2.36. The number of aliphatic carboxylic acids is 1. The van der Waals surface area contributed by atoms with Crippen molar-refractivity contribution in [1.82, 2.24) is 0 Å². The third kappa shape index (κ3) is 9.15. The molecular formula is C32H31N3O8. The van der Waals surface area contributed by atoms with Crippen molar-refractivity contribution in [2.75, 3.05) is 9.80 Å². The van der Waals surface area contributed by atoms with Crippen molar-refractivity contribution >= 4 is 71.0 Å².